The molecule has 126 valence electrons. The maximum atomic E-state index is 11.7. The average Bonchev–Trinajstić information content (AvgIpc) is 2.52. The predicted octanol–water partition coefficient (Wildman–Crippen LogP) is 4.58. The zero-order valence-electron chi connectivity index (χ0n) is 14.0. The van der Waals surface area contributed by atoms with Crippen molar-refractivity contribution < 1.29 is 9.53 Å². The predicted molar refractivity (Wildman–Crippen MR) is 87.4 cm³/mol. The summed E-state index contributed by atoms with van der Waals surface area (Å²) in [5, 5.41) is 3.28. The Hall–Kier alpha value is -1.19. The largest absolute Gasteiger partial charge is 0.431 e. The van der Waals surface area contributed by atoms with Gasteiger partial charge in [0.05, 0.1) is 6.04 Å². The van der Waals surface area contributed by atoms with E-state index in [1.54, 1.807) is 0 Å². The first-order valence-electron chi connectivity index (χ1n) is 9.38. The van der Waals surface area contributed by atoms with E-state index in [0.29, 0.717) is 11.8 Å². The molecule has 0 aromatic heterocycles. The molecule has 0 aromatic rings. The van der Waals surface area contributed by atoms with E-state index in [2.05, 4.69) is 5.18 Å². The third kappa shape index (κ3) is 2.85. The number of hydrogen-bond acceptors (Lipinski definition) is 4. The average molecular weight is 317 g/mol. The van der Waals surface area contributed by atoms with Crippen LogP contribution in [0.25, 0.3) is 0 Å². The molecular formula is C19H27NO3. The first kappa shape index (κ1) is 15.3. The number of rotatable bonds is 3. The van der Waals surface area contributed by atoms with Gasteiger partial charge in [0, 0.05) is 12.8 Å². The lowest BCUT2D eigenvalue weighted by Gasteiger charge is -2.52. The molecular weight excluding hydrogens is 290 g/mol. The van der Waals surface area contributed by atoms with Crippen molar-refractivity contribution in [1.82, 2.24) is 0 Å². The van der Waals surface area contributed by atoms with Crippen LogP contribution in [0.3, 0.4) is 0 Å². The molecule has 0 saturated heterocycles. The van der Waals surface area contributed by atoms with Crippen LogP contribution in [0.15, 0.2) is 16.5 Å². The molecule has 5 fully saturated rings. The fraction of sp³-hybridized carbons (Fsp3) is 0.842. The molecule has 0 heterocycles. The molecule has 0 N–H and O–H groups in total. The number of esters is 1. The molecule has 2 unspecified atom stereocenters. The van der Waals surface area contributed by atoms with Gasteiger partial charge < -0.3 is 4.74 Å². The van der Waals surface area contributed by atoms with Crippen molar-refractivity contribution in [2.45, 2.75) is 70.8 Å². The minimum absolute atomic E-state index is 0.100. The van der Waals surface area contributed by atoms with Gasteiger partial charge in [0.1, 0.15) is 5.76 Å². The minimum Gasteiger partial charge on any atom is -0.431 e. The topological polar surface area (TPSA) is 55.7 Å². The summed E-state index contributed by atoms with van der Waals surface area (Å²) in [7, 11) is 0. The Morgan fingerprint density at radius 1 is 1.00 bits per heavy atom. The third-order valence-corrected chi connectivity index (χ3v) is 6.72. The molecule has 0 aromatic carbocycles. The summed E-state index contributed by atoms with van der Waals surface area (Å²) in [5.74, 6) is 4.03. The molecule has 2 atom stereocenters. The Labute approximate surface area is 138 Å². The van der Waals surface area contributed by atoms with E-state index in [-0.39, 0.29) is 17.9 Å². The minimum atomic E-state index is -0.206. The number of nitrogens with zero attached hydrogens (tertiary/aromatic N) is 1. The monoisotopic (exact) mass is 317 g/mol. The lowest BCUT2D eigenvalue weighted by Crippen LogP contribution is -2.42. The molecule has 23 heavy (non-hydrogen) atoms. The van der Waals surface area contributed by atoms with Gasteiger partial charge in [0.25, 0.3) is 0 Å². The van der Waals surface area contributed by atoms with Gasteiger partial charge in [0.2, 0.25) is 0 Å². The van der Waals surface area contributed by atoms with Crippen LogP contribution in [-0.4, -0.2) is 12.0 Å². The molecule has 5 aliphatic rings. The van der Waals surface area contributed by atoms with Crippen LogP contribution in [0.1, 0.15) is 64.7 Å². The molecule has 4 bridgehead atoms. The second kappa shape index (κ2) is 6.03. The van der Waals surface area contributed by atoms with E-state index >= 15 is 0 Å². The second-order valence-corrected chi connectivity index (χ2v) is 8.34. The third-order valence-electron chi connectivity index (χ3n) is 6.72. The lowest BCUT2D eigenvalue weighted by atomic mass is 9.53. The lowest BCUT2D eigenvalue weighted by molar-refractivity contribution is -0.138. The van der Waals surface area contributed by atoms with Crippen molar-refractivity contribution in [2.24, 2.45) is 34.8 Å². The Bertz CT molecular complexity index is 509. The standard InChI is InChI=1S/C19H27NO3/c1-11(21)23-19(14-3-2-4-17(10-14)20-22)18-15-6-12-5-13(8-15)9-16(18)7-12/h12-17H,2-10H2,1H3. The summed E-state index contributed by atoms with van der Waals surface area (Å²) in [4.78, 5) is 22.7. The van der Waals surface area contributed by atoms with Gasteiger partial charge >= 0.3 is 5.97 Å². The molecule has 5 rings (SSSR count). The van der Waals surface area contributed by atoms with Crippen LogP contribution in [0.5, 0.6) is 0 Å². The number of hydrogen-bond donors (Lipinski definition) is 0. The summed E-state index contributed by atoms with van der Waals surface area (Å²) < 4.78 is 5.81. The van der Waals surface area contributed by atoms with Crippen molar-refractivity contribution in [1.29, 1.82) is 0 Å². The summed E-state index contributed by atoms with van der Waals surface area (Å²) in [5.41, 5.74) is 1.46. The van der Waals surface area contributed by atoms with Gasteiger partial charge in [-0.15, -0.1) is 0 Å². The van der Waals surface area contributed by atoms with Crippen LogP contribution >= 0.6 is 0 Å². The Morgan fingerprint density at radius 2 is 1.65 bits per heavy atom. The van der Waals surface area contributed by atoms with E-state index in [0.717, 1.165) is 43.3 Å². The number of ether oxygens (including phenoxy) is 1. The number of allylic oxidation sites excluding steroid dienone is 2. The van der Waals surface area contributed by atoms with E-state index in [4.69, 9.17) is 4.74 Å². The smallest absolute Gasteiger partial charge is 0.307 e. The SMILES string of the molecule is CC(=O)OC(=C1C2CC3CC(C2)CC1C3)C1CCCC(N=O)C1. The van der Waals surface area contributed by atoms with Gasteiger partial charge in [-0.3, -0.25) is 4.79 Å². The van der Waals surface area contributed by atoms with Crippen LogP contribution in [0.4, 0.5) is 0 Å². The van der Waals surface area contributed by atoms with Gasteiger partial charge in [0.15, 0.2) is 0 Å². The first-order chi connectivity index (χ1) is 11.1. The Morgan fingerprint density at radius 3 is 2.22 bits per heavy atom. The van der Waals surface area contributed by atoms with Crippen molar-refractivity contribution in [3.8, 4) is 0 Å². The quantitative estimate of drug-likeness (QED) is 0.435. The highest BCUT2D eigenvalue weighted by atomic mass is 16.5. The van der Waals surface area contributed by atoms with E-state index in [9.17, 15) is 9.70 Å². The molecule has 5 saturated carbocycles. The van der Waals surface area contributed by atoms with Crippen molar-refractivity contribution in [2.75, 3.05) is 0 Å². The number of carbonyl (C=O) groups is 1. The van der Waals surface area contributed by atoms with Crippen LogP contribution in [0.2, 0.25) is 0 Å². The zero-order valence-corrected chi connectivity index (χ0v) is 14.0. The van der Waals surface area contributed by atoms with Crippen molar-refractivity contribution in [3.05, 3.63) is 16.2 Å². The molecule has 0 amide bonds. The zero-order chi connectivity index (χ0) is 16.0. The van der Waals surface area contributed by atoms with Gasteiger partial charge in [-0.05, 0) is 80.6 Å². The highest BCUT2D eigenvalue weighted by molar-refractivity contribution is 5.67. The number of carbonyl (C=O) groups excluding carboxylic acids is 1. The molecule has 0 radical (unpaired) electrons. The van der Waals surface area contributed by atoms with E-state index in [1.807, 2.05) is 0 Å². The molecule has 0 aliphatic heterocycles. The van der Waals surface area contributed by atoms with Crippen LogP contribution in [-0.2, 0) is 9.53 Å². The summed E-state index contributed by atoms with van der Waals surface area (Å²) in [6.07, 6.45) is 10.3. The van der Waals surface area contributed by atoms with E-state index < -0.39 is 0 Å². The fourth-order valence-electron chi connectivity index (χ4n) is 6.12. The Balaban J connectivity index is 1.67. The Kier molecular flexibility index (Phi) is 4.02. The maximum Gasteiger partial charge on any atom is 0.307 e. The van der Waals surface area contributed by atoms with Gasteiger partial charge in [-0.2, -0.15) is 4.91 Å². The molecule has 4 heteroatoms. The highest BCUT2D eigenvalue weighted by Crippen LogP contribution is 2.58. The molecule has 5 aliphatic carbocycles. The maximum absolute atomic E-state index is 11.7. The second-order valence-electron chi connectivity index (χ2n) is 8.34. The fourth-order valence-corrected chi connectivity index (χ4v) is 6.12. The van der Waals surface area contributed by atoms with Gasteiger partial charge in [-0.25, -0.2) is 0 Å². The first-order valence-corrected chi connectivity index (χ1v) is 9.38. The normalized spacial score (nSPS) is 41.7. The summed E-state index contributed by atoms with van der Waals surface area (Å²) in [6, 6.07) is -0.100. The summed E-state index contributed by atoms with van der Waals surface area (Å²) >= 11 is 0. The molecule has 0 spiro atoms. The van der Waals surface area contributed by atoms with Gasteiger partial charge in [-0.1, -0.05) is 11.6 Å². The highest BCUT2D eigenvalue weighted by Gasteiger charge is 2.47. The van der Waals surface area contributed by atoms with Crippen molar-refractivity contribution in [3.63, 3.8) is 0 Å². The molecule has 4 nitrogen and oxygen atoms in total. The van der Waals surface area contributed by atoms with E-state index in [1.165, 1.54) is 44.6 Å². The summed E-state index contributed by atoms with van der Waals surface area (Å²) in [6.45, 7) is 1.51. The van der Waals surface area contributed by atoms with Crippen LogP contribution < -0.4 is 0 Å². The number of nitroso groups, excluding NO2 is 1. The van der Waals surface area contributed by atoms with Crippen LogP contribution in [0, 0.1) is 34.5 Å². The van der Waals surface area contributed by atoms with Crippen molar-refractivity contribution >= 4 is 5.97 Å².